The number of para-hydroxylation sites is 2. The van der Waals surface area contributed by atoms with E-state index in [1.54, 1.807) is 0 Å². The third-order valence-electron chi connectivity index (χ3n) is 11.3. The van der Waals surface area contributed by atoms with Crippen molar-refractivity contribution in [3.05, 3.63) is 188 Å². The van der Waals surface area contributed by atoms with Gasteiger partial charge in [0.05, 0.1) is 22.6 Å². The molecule has 0 fully saturated rings. The summed E-state index contributed by atoms with van der Waals surface area (Å²) in [6, 6.07) is 65.9. The molecule has 270 valence electrons. The van der Waals surface area contributed by atoms with E-state index < -0.39 is 0 Å². The highest BCUT2D eigenvalue weighted by atomic mass is 32.1. The molecule has 4 heterocycles. The van der Waals surface area contributed by atoms with Gasteiger partial charge in [-0.3, -0.25) is 0 Å². The fraction of sp³-hybridized carbons (Fsp3) is 0. The molecule has 5 heteroatoms. The lowest BCUT2D eigenvalue weighted by Gasteiger charge is -2.12. The molecule has 0 spiro atoms. The van der Waals surface area contributed by atoms with Gasteiger partial charge in [-0.05, 0) is 41.5 Å². The van der Waals surface area contributed by atoms with E-state index in [0.717, 1.165) is 72.4 Å². The Labute approximate surface area is 337 Å². The summed E-state index contributed by atoms with van der Waals surface area (Å²) in [6.07, 6.45) is 0. The highest BCUT2D eigenvalue weighted by Crippen LogP contribution is 2.46. The quantitative estimate of drug-likeness (QED) is 0.164. The zero-order valence-corrected chi connectivity index (χ0v) is 31.9. The molecule has 12 rings (SSSR count). The molecule has 4 aromatic heterocycles. The highest BCUT2D eigenvalue weighted by molar-refractivity contribution is 7.26. The van der Waals surface area contributed by atoms with Crippen LogP contribution in [0.4, 0.5) is 0 Å². The van der Waals surface area contributed by atoms with Crippen LogP contribution in [-0.4, -0.2) is 15.0 Å². The predicted molar refractivity (Wildman–Crippen MR) is 242 cm³/mol. The Morgan fingerprint density at radius 1 is 0.379 bits per heavy atom. The van der Waals surface area contributed by atoms with Gasteiger partial charge >= 0.3 is 0 Å². The second-order valence-electron chi connectivity index (χ2n) is 14.7. The van der Waals surface area contributed by atoms with Gasteiger partial charge < -0.3 is 4.42 Å². The Morgan fingerprint density at radius 2 is 1.03 bits per heavy atom. The normalized spacial score (nSPS) is 11.8. The summed E-state index contributed by atoms with van der Waals surface area (Å²) in [5.74, 6) is 0.683. The van der Waals surface area contributed by atoms with E-state index >= 15 is 0 Å². The van der Waals surface area contributed by atoms with Crippen LogP contribution in [0.2, 0.25) is 0 Å². The van der Waals surface area contributed by atoms with Gasteiger partial charge in [0.1, 0.15) is 11.2 Å². The largest absolute Gasteiger partial charge is 0.456 e. The second kappa shape index (κ2) is 13.1. The van der Waals surface area contributed by atoms with E-state index in [4.69, 9.17) is 19.4 Å². The van der Waals surface area contributed by atoms with Crippen molar-refractivity contribution in [3.8, 4) is 56.3 Å². The molecule has 0 aliphatic heterocycles. The summed E-state index contributed by atoms with van der Waals surface area (Å²) < 4.78 is 8.81. The minimum absolute atomic E-state index is 0.683. The zero-order valence-electron chi connectivity index (χ0n) is 31.1. The fourth-order valence-corrected chi connectivity index (χ4v) is 9.88. The van der Waals surface area contributed by atoms with E-state index in [-0.39, 0.29) is 0 Å². The van der Waals surface area contributed by atoms with Crippen molar-refractivity contribution in [1.82, 2.24) is 15.0 Å². The Morgan fingerprint density at radius 3 is 1.88 bits per heavy atom. The number of rotatable bonds is 5. The number of aromatic nitrogens is 3. The molecule has 0 radical (unpaired) electrons. The molecule has 8 aromatic carbocycles. The Bertz CT molecular complexity index is 3550. The molecule has 0 aliphatic carbocycles. The fourth-order valence-electron chi connectivity index (χ4n) is 8.63. The van der Waals surface area contributed by atoms with Crippen molar-refractivity contribution in [2.24, 2.45) is 0 Å². The van der Waals surface area contributed by atoms with Crippen molar-refractivity contribution in [2.75, 3.05) is 0 Å². The van der Waals surface area contributed by atoms with E-state index in [1.807, 2.05) is 53.8 Å². The molecule has 12 aromatic rings. The Balaban J connectivity index is 1.01. The smallest absolute Gasteiger partial charge is 0.160 e. The summed E-state index contributed by atoms with van der Waals surface area (Å²) in [5, 5.41) is 8.28. The Hall–Kier alpha value is -7.47. The van der Waals surface area contributed by atoms with Crippen LogP contribution in [0.15, 0.2) is 192 Å². The first-order chi connectivity index (χ1) is 28.7. The van der Waals surface area contributed by atoms with Crippen LogP contribution in [-0.2, 0) is 0 Å². The lowest BCUT2D eigenvalue weighted by Crippen LogP contribution is -1.96. The topological polar surface area (TPSA) is 51.8 Å². The predicted octanol–water partition coefficient (Wildman–Crippen LogP) is 14.8. The average molecular weight is 758 g/mol. The van der Waals surface area contributed by atoms with Crippen LogP contribution >= 0.6 is 11.3 Å². The summed E-state index contributed by atoms with van der Waals surface area (Å²) in [4.78, 5) is 15.5. The maximum atomic E-state index is 6.27. The molecule has 0 aliphatic rings. The van der Waals surface area contributed by atoms with Crippen LogP contribution in [0.3, 0.4) is 0 Å². The number of furan rings is 1. The van der Waals surface area contributed by atoms with Gasteiger partial charge in [-0.15, -0.1) is 11.3 Å². The molecule has 0 saturated carbocycles. The van der Waals surface area contributed by atoms with Crippen LogP contribution < -0.4 is 0 Å². The molecule has 58 heavy (non-hydrogen) atoms. The monoisotopic (exact) mass is 757 g/mol. The van der Waals surface area contributed by atoms with E-state index in [9.17, 15) is 0 Å². The first kappa shape index (κ1) is 32.7. The minimum atomic E-state index is 0.683. The van der Waals surface area contributed by atoms with Crippen LogP contribution in [0.1, 0.15) is 0 Å². The van der Waals surface area contributed by atoms with Gasteiger partial charge in [0.25, 0.3) is 0 Å². The maximum absolute atomic E-state index is 6.27. The van der Waals surface area contributed by atoms with Gasteiger partial charge in [0, 0.05) is 69.4 Å². The number of hydrogen-bond donors (Lipinski definition) is 0. The van der Waals surface area contributed by atoms with Crippen molar-refractivity contribution in [1.29, 1.82) is 0 Å². The summed E-state index contributed by atoms with van der Waals surface area (Å²) >= 11 is 1.86. The first-order valence-electron chi connectivity index (χ1n) is 19.4. The van der Waals surface area contributed by atoms with Crippen molar-refractivity contribution < 1.29 is 4.42 Å². The molecule has 0 bridgehead atoms. The SMILES string of the molecule is c1ccc(-c2nc(-c3ccc(-c4cccc5c4sc4ccc6c(-c7ccccc7)nc7ccccc7c6c45)cc3)cc(-c3cccc4oc5ccccc5c34)n2)cc1. The molecule has 0 unspecified atom stereocenters. The molecule has 0 atom stereocenters. The van der Waals surface area contributed by atoms with Gasteiger partial charge in [-0.2, -0.15) is 0 Å². The standard InChI is InChI=1S/C53H31N3OS/c1-3-13-34(14-4-1)51-40-29-30-47-50(49(40)37-17-7-9-22-42(37)54-51)41-21-11-19-36(52(41)58-47)32-25-27-33(28-26-32)43-31-44(56-53(55-43)35-15-5-2-6-16-35)38-20-12-24-46-48(38)39-18-8-10-23-45(39)57-46/h1-31H. The minimum Gasteiger partial charge on any atom is -0.456 e. The molecule has 0 saturated heterocycles. The lowest BCUT2D eigenvalue weighted by molar-refractivity contribution is 0.669. The number of benzene rings is 8. The number of fused-ring (bicyclic) bond motifs is 10. The van der Waals surface area contributed by atoms with Crippen LogP contribution in [0.25, 0.3) is 120 Å². The van der Waals surface area contributed by atoms with Gasteiger partial charge in [-0.1, -0.05) is 158 Å². The lowest BCUT2D eigenvalue weighted by atomic mass is 9.95. The number of hydrogen-bond acceptors (Lipinski definition) is 5. The summed E-state index contributed by atoms with van der Waals surface area (Å²) in [7, 11) is 0. The van der Waals surface area contributed by atoms with Gasteiger partial charge in [0.15, 0.2) is 5.82 Å². The van der Waals surface area contributed by atoms with Crippen molar-refractivity contribution in [2.45, 2.75) is 0 Å². The van der Waals surface area contributed by atoms with Crippen LogP contribution in [0, 0.1) is 0 Å². The Kier molecular flexibility index (Phi) is 7.37. The third kappa shape index (κ3) is 5.18. The van der Waals surface area contributed by atoms with Gasteiger partial charge in [0.2, 0.25) is 0 Å². The van der Waals surface area contributed by atoms with Crippen molar-refractivity contribution in [3.63, 3.8) is 0 Å². The van der Waals surface area contributed by atoms with Crippen molar-refractivity contribution >= 4 is 75.1 Å². The number of pyridine rings is 1. The first-order valence-corrected chi connectivity index (χ1v) is 20.2. The molecule has 0 N–H and O–H groups in total. The van der Waals surface area contributed by atoms with E-state index in [0.29, 0.717) is 5.82 Å². The summed E-state index contributed by atoms with van der Waals surface area (Å²) in [5.41, 5.74) is 11.9. The molecular weight excluding hydrogens is 727 g/mol. The average Bonchev–Trinajstić information content (AvgIpc) is 3.88. The molecular formula is C53H31N3OS. The number of thiophene rings is 1. The molecule has 0 amide bonds. The van der Waals surface area contributed by atoms with E-state index in [1.165, 1.54) is 41.9 Å². The maximum Gasteiger partial charge on any atom is 0.160 e. The highest BCUT2D eigenvalue weighted by Gasteiger charge is 2.19. The molecule has 4 nitrogen and oxygen atoms in total. The third-order valence-corrected chi connectivity index (χ3v) is 12.5. The zero-order chi connectivity index (χ0) is 38.2. The van der Waals surface area contributed by atoms with Gasteiger partial charge in [-0.25, -0.2) is 15.0 Å². The summed E-state index contributed by atoms with van der Waals surface area (Å²) in [6.45, 7) is 0. The second-order valence-corrected chi connectivity index (χ2v) is 15.7. The van der Waals surface area contributed by atoms with Crippen LogP contribution in [0.5, 0.6) is 0 Å². The number of nitrogens with zero attached hydrogens (tertiary/aromatic N) is 3. The van der Waals surface area contributed by atoms with E-state index in [2.05, 4.69) is 146 Å².